The fourth-order valence-corrected chi connectivity index (χ4v) is 3.75. The quantitative estimate of drug-likeness (QED) is 0.109. The molecule has 1 fully saturated rings. The predicted molar refractivity (Wildman–Crippen MR) is 141 cm³/mol. The molecule has 3 unspecified atom stereocenters. The lowest BCUT2D eigenvalue weighted by Gasteiger charge is -2.21. The lowest BCUT2D eigenvalue weighted by molar-refractivity contribution is -0.910. The van der Waals surface area contributed by atoms with Crippen molar-refractivity contribution in [1.29, 1.82) is 0 Å². The van der Waals surface area contributed by atoms with E-state index in [1.54, 1.807) is 4.90 Å². The number of rotatable bonds is 9. The maximum atomic E-state index is 13.0. The molecule has 44 heavy (non-hydrogen) atoms. The third-order valence-corrected chi connectivity index (χ3v) is 6.14. The molecular formula is C27H41N3O14. The molecule has 0 saturated carbocycles. The maximum Gasteiger partial charge on any atom is 0.370 e. The summed E-state index contributed by atoms with van der Waals surface area (Å²) in [5, 5.41) is 51.1. The van der Waals surface area contributed by atoms with Gasteiger partial charge in [-0.05, 0) is 26.7 Å². The molecule has 2 rings (SSSR count). The van der Waals surface area contributed by atoms with Gasteiger partial charge in [0.25, 0.3) is 0 Å². The van der Waals surface area contributed by atoms with Crippen molar-refractivity contribution < 1.29 is 84.1 Å². The number of hydrogen-bond acceptors (Lipinski definition) is 11. The first-order valence-electron chi connectivity index (χ1n) is 13.6. The predicted octanol–water partition coefficient (Wildman–Crippen LogP) is -7.71. The summed E-state index contributed by atoms with van der Waals surface area (Å²) >= 11 is 0. The molecule has 0 bridgehead atoms. The number of aliphatic carboxylic acids is 6. The zero-order valence-corrected chi connectivity index (χ0v) is 24.8. The lowest BCUT2D eigenvalue weighted by Crippen LogP contribution is -3.14. The minimum absolute atomic E-state index is 0.0738. The molecule has 1 aliphatic rings. The van der Waals surface area contributed by atoms with E-state index in [1.165, 1.54) is 11.4 Å². The Morgan fingerprint density at radius 2 is 1.32 bits per heavy atom. The molecule has 3 atom stereocenters. The summed E-state index contributed by atoms with van der Waals surface area (Å²) in [6.07, 6.45) is 3.18. The fourth-order valence-electron chi connectivity index (χ4n) is 3.75. The van der Waals surface area contributed by atoms with Crippen molar-refractivity contribution in [3.8, 4) is 0 Å². The second-order valence-electron chi connectivity index (χ2n) is 9.34. The number of carboxylic acid groups (broad SMARTS) is 6. The second-order valence-corrected chi connectivity index (χ2v) is 9.34. The van der Waals surface area contributed by atoms with E-state index in [0.29, 0.717) is 0 Å². The largest absolute Gasteiger partial charge is 0.539 e. The van der Waals surface area contributed by atoms with Crippen molar-refractivity contribution in [2.24, 2.45) is 0 Å². The Labute approximate surface area is 253 Å². The molecule has 0 aromatic heterocycles. The molecule has 17 nitrogen and oxygen atoms in total. The summed E-state index contributed by atoms with van der Waals surface area (Å²) in [6, 6.07) is 9.83. The van der Waals surface area contributed by atoms with Gasteiger partial charge < -0.3 is 64.9 Å². The van der Waals surface area contributed by atoms with Gasteiger partial charge in [0.15, 0.2) is 17.9 Å². The lowest BCUT2D eigenvalue weighted by atomic mass is 10.1. The van der Waals surface area contributed by atoms with Gasteiger partial charge in [-0.2, -0.15) is 0 Å². The first-order valence-corrected chi connectivity index (χ1v) is 13.6. The van der Waals surface area contributed by atoms with Gasteiger partial charge in [-0.1, -0.05) is 30.3 Å². The highest BCUT2D eigenvalue weighted by atomic mass is 16.5. The molecule has 1 aliphatic heterocycles. The maximum absolute atomic E-state index is 13.0. The molecule has 0 amide bonds. The SMILES string of the molecule is CC[NH+](CC)CC[NH2+]C(C(=O)OC1CCC[NH+](C)CC1)c1ccccc1.O=C([O-])C(=O)O.O=C([O-])C(=O)O.O=C([O-])C(=O)O. The molecule has 1 heterocycles. The molecule has 7 N–H and O–H groups in total. The summed E-state index contributed by atoms with van der Waals surface area (Å²) in [5.41, 5.74) is 1.04. The minimum atomic E-state index is -2.07. The van der Waals surface area contributed by atoms with Crippen LogP contribution in [0.15, 0.2) is 30.3 Å². The number of carbonyl (C=O) groups excluding carboxylic acids is 4. The highest BCUT2D eigenvalue weighted by Gasteiger charge is 2.29. The van der Waals surface area contributed by atoms with Crippen LogP contribution in [0.2, 0.25) is 0 Å². The fraction of sp³-hybridized carbons (Fsp3) is 0.519. The molecule has 1 aromatic carbocycles. The van der Waals surface area contributed by atoms with Crippen molar-refractivity contribution in [2.75, 3.05) is 46.3 Å². The molecule has 248 valence electrons. The van der Waals surface area contributed by atoms with E-state index in [9.17, 15) is 4.79 Å². The van der Waals surface area contributed by atoms with Crippen LogP contribution in [0.5, 0.6) is 0 Å². The van der Waals surface area contributed by atoms with Crippen molar-refractivity contribution in [1.82, 2.24) is 0 Å². The summed E-state index contributed by atoms with van der Waals surface area (Å²) in [4.78, 5) is 70.1. The van der Waals surface area contributed by atoms with Crippen LogP contribution in [-0.2, 0) is 38.3 Å². The van der Waals surface area contributed by atoms with Gasteiger partial charge in [-0.3, -0.25) is 0 Å². The number of carbonyl (C=O) groups is 7. The van der Waals surface area contributed by atoms with Crippen molar-refractivity contribution in [3.05, 3.63) is 35.9 Å². The molecule has 0 spiro atoms. The molecule has 17 heteroatoms. The first kappa shape index (κ1) is 41.5. The van der Waals surface area contributed by atoms with Crippen LogP contribution in [0.4, 0.5) is 0 Å². The van der Waals surface area contributed by atoms with Crippen molar-refractivity contribution in [3.63, 3.8) is 0 Å². The van der Waals surface area contributed by atoms with Gasteiger partial charge in [0.2, 0.25) is 6.04 Å². The van der Waals surface area contributed by atoms with Gasteiger partial charge in [0.05, 0.1) is 33.2 Å². The number of quaternary nitrogens is 3. The Morgan fingerprint density at radius 1 is 0.864 bits per heavy atom. The molecule has 0 radical (unpaired) electrons. The molecule has 1 saturated heterocycles. The highest BCUT2D eigenvalue weighted by molar-refractivity contribution is 6.27. The Balaban J connectivity index is 0. The van der Waals surface area contributed by atoms with E-state index in [0.717, 1.165) is 57.5 Å². The van der Waals surface area contributed by atoms with E-state index in [-0.39, 0.29) is 18.1 Å². The molecular weight excluding hydrogens is 590 g/mol. The third kappa shape index (κ3) is 21.1. The van der Waals surface area contributed by atoms with Crippen LogP contribution in [0.25, 0.3) is 0 Å². The summed E-state index contributed by atoms with van der Waals surface area (Å²) < 4.78 is 5.96. The van der Waals surface area contributed by atoms with Crippen molar-refractivity contribution >= 4 is 41.8 Å². The number of nitrogens with one attached hydrogen (secondary N) is 2. The number of likely N-dealkylation sites (tertiary alicyclic amines) is 1. The minimum Gasteiger partial charge on any atom is -0.539 e. The van der Waals surface area contributed by atoms with E-state index in [2.05, 4.69) is 26.2 Å². The second kappa shape index (κ2) is 23.9. The summed E-state index contributed by atoms with van der Waals surface area (Å²) in [7, 11) is 2.22. The van der Waals surface area contributed by atoms with Crippen LogP contribution >= 0.6 is 0 Å². The van der Waals surface area contributed by atoms with E-state index in [4.69, 9.17) is 64.1 Å². The average Bonchev–Trinajstić information content (AvgIpc) is 3.17. The Bertz CT molecular complexity index is 970. The zero-order chi connectivity index (χ0) is 34.2. The van der Waals surface area contributed by atoms with Gasteiger partial charge >= 0.3 is 23.9 Å². The van der Waals surface area contributed by atoms with Crippen molar-refractivity contribution in [2.45, 2.75) is 45.3 Å². The van der Waals surface area contributed by atoms with E-state index < -0.39 is 35.8 Å². The van der Waals surface area contributed by atoms with Gasteiger partial charge in [0.1, 0.15) is 19.2 Å². The molecule has 0 aliphatic carbocycles. The highest BCUT2D eigenvalue weighted by Crippen LogP contribution is 2.15. The molecule has 1 aromatic rings. The number of likely N-dealkylation sites (N-methyl/N-ethyl adjacent to an activating group) is 1. The topological polar surface area (TPSA) is 284 Å². The van der Waals surface area contributed by atoms with Crippen LogP contribution in [0.3, 0.4) is 0 Å². The number of benzene rings is 1. The van der Waals surface area contributed by atoms with Gasteiger partial charge in [0, 0.05) is 12.0 Å². The Morgan fingerprint density at radius 3 is 1.73 bits per heavy atom. The monoisotopic (exact) mass is 631 g/mol. The van der Waals surface area contributed by atoms with Gasteiger partial charge in [-0.25, -0.2) is 19.2 Å². The van der Waals surface area contributed by atoms with E-state index in [1.807, 2.05) is 30.3 Å². The Kier molecular flexibility index (Phi) is 22.6. The van der Waals surface area contributed by atoms with Crippen LogP contribution in [0.1, 0.15) is 44.7 Å². The number of ether oxygens (including phenoxy) is 1. The number of hydrogen-bond donors (Lipinski definition) is 6. The van der Waals surface area contributed by atoms with Gasteiger partial charge in [-0.15, -0.1) is 0 Å². The van der Waals surface area contributed by atoms with Crippen LogP contribution in [-0.4, -0.2) is 110 Å². The summed E-state index contributed by atoms with van der Waals surface area (Å²) in [5.74, 6) is -12.1. The third-order valence-electron chi connectivity index (χ3n) is 6.14. The number of carboxylic acids is 6. The van der Waals surface area contributed by atoms with Crippen LogP contribution < -0.4 is 30.4 Å². The number of nitrogens with two attached hydrogens (primary N) is 1. The van der Waals surface area contributed by atoms with Crippen LogP contribution in [0, 0.1) is 0 Å². The zero-order valence-electron chi connectivity index (χ0n) is 24.8. The first-order chi connectivity index (χ1) is 20.6. The van der Waals surface area contributed by atoms with E-state index >= 15 is 0 Å². The smallest absolute Gasteiger partial charge is 0.370 e. The average molecular weight is 632 g/mol. The standard InChI is InChI=1S/C21H35N3O2.3C2H2O4/c1-4-24(5-2)17-14-22-20(18-10-7-6-8-11-18)21(25)26-19-12-9-15-23(3)16-13-19;3*3-1(4)2(5)6/h6-8,10-11,19-20,22H,4-5,9,12-17H2,1-3H3;3*(H,3,4)(H,5,6). The Hall–Kier alpha value is -4.61. The number of esters is 1. The normalized spacial score (nSPS) is 16.0. The summed E-state index contributed by atoms with van der Waals surface area (Å²) in [6.45, 7) is 11.0.